The van der Waals surface area contributed by atoms with Crippen molar-refractivity contribution in [1.82, 2.24) is 33.8 Å². The van der Waals surface area contributed by atoms with Gasteiger partial charge in [-0.25, -0.2) is 18.4 Å². The third-order valence-electron chi connectivity index (χ3n) is 5.68. The van der Waals surface area contributed by atoms with E-state index in [2.05, 4.69) is 20.5 Å². The molecule has 4 aromatic rings. The minimum absolute atomic E-state index is 0.0708. The maximum atomic E-state index is 12.2. The molecule has 1 fully saturated rings. The number of anilines is 2. The topological polar surface area (TPSA) is 137 Å². The van der Waals surface area contributed by atoms with Gasteiger partial charge in [-0.1, -0.05) is 0 Å². The summed E-state index contributed by atoms with van der Waals surface area (Å²) in [5, 5.41) is 14.0. The first kappa shape index (κ1) is 21.0. The van der Waals surface area contributed by atoms with Crippen molar-refractivity contribution >= 4 is 43.3 Å². The van der Waals surface area contributed by atoms with E-state index in [4.69, 9.17) is 10.7 Å². The molecular weight excluding hydrogens is 450 g/mol. The van der Waals surface area contributed by atoms with Gasteiger partial charge in [-0.3, -0.25) is 9.36 Å². The highest BCUT2D eigenvalue weighted by molar-refractivity contribution is 7.89. The van der Waals surface area contributed by atoms with Gasteiger partial charge in [0.05, 0.1) is 27.9 Å². The number of aryl methyl sites for hydroxylation is 1. The van der Waals surface area contributed by atoms with Crippen LogP contribution in [0, 0.1) is 0 Å². The molecule has 0 unspecified atom stereocenters. The number of aromatic nitrogens is 6. The van der Waals surface area contributed by atoms with Crippen LogP contribution in [0.5, 0.6) is 0 Å². The summed E-state index contributed by atoms with van der Waals surface area (Å²) >= 11 is 1.56. The van der Waals surface area contributed by atoms with E-state index in [1.165, 1.54) is 4.31 Å². The summed E-state index contributed by atoms with van der Waals surface area (Å²) in [5.74, 6) is 1.16. The van der Waals surface area contributed by atoms with Gasteiger partial charge in [-0.2, -0.15) is 14.5 Å². The summed E-state index contributed by atoms with van der Waals surface area (Å²) in [4.78, 5) is 9.32. The van der Waals surface area contributed by atoms with Crippen LogP contribution in [0.2, 0.25) is 0 Å². The van der Waals surface area contributed by atoms with Gasteiger partial charge >= 0.3 is 0 Å². The number of hydrogen-bond donors (Lipinski definition) is 2. The summed E-state index contributed by atoms with van der Waals surface area (Å²) in [6.45, 7) is 2.55. The largest absolute Gasteiger partial charge is 0.328 e. The maximum Gasteiger partial charge on any atom is 0.229 e. The molecule has 0 saturated carbocycles. The van der Waals surface area contributed by atoms with Gasteiger partial charge in [0.1, 0.15) is 5.54 Å². The highest BCUT2D eigenvalue weighted by Crippen LogP contribution is 2.35. The lowest BCUT2D eigenvalue weighted by Gasteiger charge is -2.48. The van der Waals surface area contributed by atoms with Crippen molar-refractivity contribution in [3.63, 3.8) is 0 Å². The first-order valence-electron chi connectivity index (χ1n) is 10.1. The highest BCUT2D eigenvalue weighted by atomic mass is 32.2. The Bertz CT molecular complexity index is 1380. The highest BCUT2D eigenvalue weighted by Gasteiger charge is 2.48. The fraction of sp³-hybridized carbons (Fsp3) is 0.368. The molecule has 3 N–H and O–H groups in total. The minimum Gasteiger partial charge on any atom is -0.328 e. The number of hydrogen-bond acceptors (Lipinski definition) is 9. The smallest absolute Gasteiger partial charge is 0.229 e. The van der Waals surface area contributed by atoms with Gasteiger partial charge in [0.15, 0.2) is 5.82 Å². The van der Waals surface area contributed by atoms with Crippen molar-refractivity contribution in [2.75, 3.05) is 30.7 Å². The standard InChI is InChI=1S/C19H23N9O2S2/c1-3-32(29,30)27-11-19(10-20,12-27)28-9-13(8-21-28)16-17-14(5-7-31-17)22-18(24-16)23-15-4-6-26(2)25-15/h4-9H,3,10-12,20H2,1-2H3,(H,22,23,24,25). The number of nitrogens with zero attached hydrogens (tertiary/aromatic N) is 7. The van der Waals surface area contributed by atoms with Crippen LogP contribution in [0.3, 0.4) is 0 Å². The molecule has 11 nitrogen and oxygen atoms in total. The Morgan fingerprint density at radius 1 is 1.28 bits per heavy atom. The summed E-state index contributed by atoms with van der Waals surface area (Å²) in [7, 11) is -1.41. The zero-order valence-electron chi connectivity index (χ0n) is 17.6. The maximum absolute atomic E-state index is 12.2. The van der Waals surface area contributed by atoms with Crippen molar-refractivity contribution < 1.29 is 8.42 Å². The van der Waals surface area contributed by atoms with Crippen molar-refractivity contribution in [3.8, 4) is 11.3 Å². The molecule has 5 heterocycles. The Morgan fingerprint density at radius 2 is 2.09 bits per heavy atom. The van der Waals surface area contributed by atoms with Crippen LogP contribution in [-0.4, -0.2) is 67.6 Å². The number of thiophene rings is 1. The Hall–Kier alpha value is -2.87. The van der Waals surface area contributed by atoms with Crippen LogP contribution in [0.25, 0.3) is 21.5 Å². The second-order valence-electron chi connectivity index (χ2n) is 7.80. The molecule has 0 amide bonds. The van der Waals surface area contributed by atoms with Crippen molar-refractivity contribution in [2.45, 2.75) is 12.5 Å². The first-order valence-corrected chi connectivity index (χ1v) is 12.6. The van der Waals surface area contributed by atoms with E-state index < -0.39 is 15.6 Å². The van der Waals surface area contributed by atoms with Crippen LogP contribution in [0.15, 0.2) is 36.1 Å². The molecule has 1 aliphatic rings. The molecule has 1 saturated heterocycles. The van der Waals surface area contributed by atoms with E-state index in [1.807, 2.05) is 37.0 Å². The van der Waals surface area contributed by atoms with E-state index in [1.54, 1.807) is 33.8 Å². The van der Waals surface area contributed by atoms with Crippen LogP contribution in [0.1, 0.15) is 6.92 Å². The second kappa shape index (κ2) is 7.62. The predicted octanol–water partition coefficient (Wildman–Crippen LogP) is 1.35. The SMILES string of the molecule is CCS(=O)(=O)N1CC(CN)(n2cc(-c3nc(Nc4ccn(C)n4)nc4ccsc34)cn2)C1. The van der Waals surface area contributed by atoms with Crippen LogP contribution in [0.4, 0.5) is 11.8 Å². The van der Waals surface area contributed by atoms with E-state index in [0.29, 0.717) is 24.9 Å². The molecule has 0 aliphatic carbocycles. The quantitative estimate of drug-likeness (QED) is 0.410. The van der Waals surface area contributed by atoms with Crippen LogP contribution in [-0.2, 0) is 22.6 Å². The lowest BCUT2D eigenvalue weighted by molar-refractivity contribution is 0.0759. The average molecular weight is 474 g/mol. The molecule has 4 aromatic heterocycles. The predicted molar refractivity (Wildman–Crippen MR) is 123 cm³/mol. The van der Waals surface area contributed by atoms with Crippen LogP contribution >= 0.6 is 11.3 Å². The van der Waals surface area contributed by atoms with E-state index in [9.17, 15) is 8.42 Å². The molecule has 0 aromatic carbocycles. The molecule has 0 bridgehead atoms. The van der Waals surface area contributed by atoms with E-state index >= 15 is 0 Å². The van der Waals surface area contributed by atoms with Crippen molar-refractivity contribution in [3.05, 3.63) is 36.1 Å². The average Bonchev–Trinajstić information content (AvgIpc) is 3.48. The van der Waals surface area contributed by atoms with Crippen LogP contribution < -0.4 is 11.1 Å². The molecule has 168 valence electrons. The molecule has 5 rings (SSSR count). The van der Waals surface area contributed by atoms with Gasteiger partial charge in [0.25, 0.3) is 0 Å². The Kier molecular flexibility index (Phi) is 5.00. The number of fused-ring (bicyclic) bond motifs is 1. The normalized spacial score (nSPS) is 16.3. The zero-order valence-corrected chi connectivity index (χ0v) is 19.3. The third kappa shape index (κ3) is 3.46. The molecule has 32 heavy (non-hydrogen) atoms. The summed E-state index contributed by atoms with van der Waals surface area (Å²) < 4.78 is 30.2. The lowest BCUT2D eigenvalue weighted by atomic mass is 9.93. The fourth-order valence-electron chi connectivity index (χ4n) is 3.77. The number of nitrogens with two attached hydrogens (primary N) is 1. The number of rotatable bonds is 7. The second-order valence-corrected chi connectivity index (χ2v) is 11.0. The first-order chi connectivity index (χ1) is 15.3. The van der Waals surface area contributed by atoms with E-state index in [0.717, 1.165) is 21.5 Å². The Labute approximate surface area is 188 Å². The summed E-state index contributed by atoms with van der Waals surface area (Å²) in [6.07, 6.45) is 5.46. The third-order valence-corrected chi connectivity index (χ3v) is 8.36. The Balaban J connectivity index is 1.48. The number of sulfonamides is 1. The minimum atomic E-state index is -3.25. The van der Waals surface area contributed by atoms with Gasteiger partial charge in [-0.05, 0) is 18.4 Å². The molecule has 1 aliphatic heterocycles. The summed E-state index contributed by atoms with van der Waals surface area (Å²) in [5.41, 5.74) is 7.88. The van der Waals surface area contributed by atoms with Crippen molar-refractivity contribution in [2.24, 2.45) is 12.8 Å². The molecule has 0 radical (unpaired) electrons. The number of nitrogens with one attached hydrogen (secondary N) is 1. The van der Waals surface area contributed by atoms with Crippen molar-refractivity contribution in [1.29, 1.82) is 0 Å². The van der Waals surface area contributed by atoms with Gasteiger partial charge < -0.3 is 11.1 Å². The Morgan fingerprint density at radius 3 is 2.78 bits per heavy atom. The van der Waals surface area contributed by atoms with Gasteiger partial charge in [-0.15, -0.1) is 11.3 Å². The van der Waals surface area contributed by atoms with E-state index in [-0.39, 0.29) is 12.3 Å². The lowest BCUT2D eigenvalue weighted by Crippen LogP contribution is -2.67. The molecular formula is C19H23N9O2S2. The van der Waals surface area contributed by atoms with Gasteiger partial charge in [0.2, 0.25) is 16.0 Å². The molecule has 13 heteroatoms. The monoisotopic (exact) mass is 473 g/mol. The molecule has 0 spiro atoms. The van der Waals surface area contributed by atoms with Gasteiger partial charge in [0, 0.05) is 50.7 Å². The fourth-order valence-corrected chi connectivity index (χ4v) is 5.85. The summed E-state index contributed by atoms with van der Waals surface area (Å²) in [6, 6.07) is 3.79. The zero-order chi connectivity index (χ0) is 22.5. The molecule has 0 atom stereocenters.